The van der Waals surface area contributed by atoms with Gasteiger partial charge in [0.2, 0.25) is 0 Å². The van der Waals surface area contributed by atoms with E-state index in [9.17, 15) is 4.79 Å². The van der Waals surface area contributed by atoms with Crippen LogP contribution in [0.2, 0.25) is 0 Å². The molecule has 1 heterocycles. The van der Waals surface area contributed by atoms with Crippen molar-refractivity contribution in [1.29, 1.82) is 0 Å². The molecule has 3 rings (SSSR count). The smallest absolute Gasteiger partial charge is 0.197 e. The summed E-state index contributed by atoms with van der Waals surface area (Å²) in [6, 6.07) is 20.4. The molecule has 0 spiro atoms. The minimum Gasteiger partial charge on any atom is -0.496 e. The van der Waals surface area contributed by atoms with Crippen LogP contribution < -0.4 is 4.74 Å². The highest BCUT2D eigenvalue weighted by Crippen LogP contribution is 2.27. The molecule has 0 unspecified atom stereocenters. The molecule has 2 aromatic carbocycles. The molecule has 3 heteroatoms. The van der Waals surface area contributed by atoms with E-state index < -0.39 is 0 Å². The van der Waals surface area contributed by atoms with E-state index in [-0.39, 0.29) is 5.78 Å². The third-order valence-corrected chi connectivity index (χ3v) is 3.46. The second-order valence-electron chi connectivity index (χ2n) is 4.79. The fraction of sp³-hybridized carbons (Fsp3) is 0.0526. The van der Waals surface area contributed by atoms with Gasteiger partial charge in [-0.05, 0) is 24.3 Å². The molecule has 0 saturated heterocycles. The number of pyridine rings is 1. The first-order valence-electron chi connectivity index (χ1n) is 6.99. The number of carbonyl (C=O) groups is 1. The van der Waals surface area contributed by atoms with Crippen molar-refractivity contribution in [3.05, 3.63) is 84.1 Å². The average Bonchev–Trinajstić information content (AvgIpc) is 2.62. The van der Waals surface area contributed by atoms with Crippen molar-refractivity contribution in [3.63, 3.8) is 0 Å². The van der Waals surface area contributed by atoms with Crippen molar-refractivity contribution in [2.45, 2.75) is 0 Å². The molecule has 0 radical (unpaired) electrons. The van der Waals surface area contributed by atoms with Crippen LogP contribution in [-0.4, -0.2) is 17.9 Å². The fourth-order valence-electron chi connectivity index (χ4n) is 2.40. The topological polar surface area (TPSA) is 39.2 Å². The van der Waals surface area contributed by atoms with Crippen LogP contribution in [0, 0.1) is 0 Å². The predicted molar refractivity (Wildman–Crippen MR) is 86.1 cm³/mol. The van der Waals surface area contributed by atoms with E-state index in [0.29, 0.717) is 16.9 Å². The van der Waals surface area contributed by atoms with E-state index in [2.05, 4.69) is 4.98 Å². The molecule has 0 aliphatic heterocycles. The highest BCUT2D eigenvalue weighted by atomic mass is 16.5. The van der Waals surface area contributed by atoms with Crippen molar-refractivity contribution in [1.82, 2.24) is 4.98 Å². The molecule has 0 N–H and O–H groups in total. The number of benzene rings is 2. The van der Waals surface area contributed by atoms with Crippen LogP contribution in [0.5, 0.6) is 5.75 Å². The lowest BCUT2D eigenvalue weighted by Gasteiger charge is -2.10. The molecule has 108 valence electrons. The molecule has 0 atom stereocenters. The second kappa shape index (κ2) is 6.22. The largest absolute Gasteiger partial charge is 0.496 e. The number of rotatable bonds is 4. The maximum Gasteiger partial charge on any atom is 0.197 e. The van der Waals surface area contributed by atoms with Gasteiger partial charge in [0.05, 0.1) is 18.4 Å². The number of ether oxygens (including phenoxy) is 1. The monoisotopic (exact) mass is 289 g/mol. The molecule has 3 nitrogen and oxygen atoms in total. The first-order chi connectivity index (χ1) is 10.8. The highest BCUT2D eigenvalue weighted by Gasteiger charge is 2.18. The van der Waals surface area contributed by atoms with E-state index in [1.165, 1.54) is 0 Å². The summed E-state index contributed by atoms with van der Waals surface area (Å²) >= 11 is 0. The van der Waals surface area contributed by atoms with E-state index in [1.54, 1.807) is 25.4 Å². The van der Waals surface area contributed by atoms with Gasteiger partial charge in [-0.1, -0.05) is 42.5 Å². The van der Waals surface area contributed by atoms with Crippen LogP contribution in [0.3, 0.4) is 0 Å². The molecule has 3 aromatic rings. The summed E-state index contributed by atoms with van der Waals surface area (Å²) in [5.74, 6) is 0.502. The number of ketones is 1. The van der Waals surface area contributed by atoms with Gasteiger partial charge in [-0.15, -0.1) is 0 Å². The van der Waals surface area contributed by atoms with Gasteiger partial charge < -0.3 is 4.74 Å². The number of hydrogen-bond donors (Lipinski definition) is 0. The number of methoxy groups -OCH3 is 1. The molecule has 0 bridgehead atoms. The molecule has 0 aliphatic carbocycles. The standard InChI is InChI=1S/C19H15NO2/c1-22-18-12-5-4-10-16(18)19(21)15-9-3-2-8-14(15)17-11-6-7-13-20-17/h2-13H,1H3. The number of para-hydroxylation sites is 1. The van der Waals surface area contributed by atoms with Crippen molar-refractivity contribution in [3.8, 4) is 17.0 Å². The minimum absolute atomic E-state index is 0.0706. The zero-order chi connectivity index (χ0) is 15.4. The Kier molecular flexibility index (Phi) is 3.97. The Morgan fingerprint density at radius 1 is 0.864 bits per heavy atom. The summed E-state index contributed by atoms with van der Waals surface area (Å²) < 4.78 is 5.30. The Morgan fingerprint density at radius 3 is 2.27 bits per heavy atom. The Balaban J connectivity index is 2.11. The number of nitrogens with zero attached hydrogens (tertiary/aromatic N) is 1. The number of aromatic nitrogens is 1. The van der Waals surface area contributed by atoms with E-state index in [1.807, 2.05) is 54.6 Å². The van der Waals surface area contributed by atoms with Gasteiger partial charge >= 0.3 is 0 Å². The molecule has 0 amide bonds. The summed E-state index contributed by atoms with van der Waals surface area (Å²) in [5.41, 5.74) is 2.76. The van der Waals surface area contributed by atoms with Crippen LogP contribution >= 0.6 is 0 Å². The Hall–Kier alpha value is -2.94. The van der Waals surface area contributed by atoms with Crippen LogP contribution in [0.25, 0.3) is 11.3 Å². The molecular formula is C19H15NO2. The van der Waals surface area contributed by atoms with Crippen LogP contribution in [0.4, 0.5) is 0 Å². The normalized spacial score (nSPS) is 10.2. The van der Waals surface area contributed by atoms with Gasteiger partial charge in [-0.3, -0.25) is 9.78 Å². The minimum atomic E-state index is -0.0706. The Bertz CT molecular complexity index is 797. The van der Waals surface area contributed by atoms with Crippen molar-refractivity contribution >= 4 is 5.78 Å². The van der Waals surface area contributed by atoms with E-state index >= 15 is 0 Å². The molecule has 0 fully saturated rings. The molecular weight excluding hydrogens is 274 g/mol. The van der Waals surface area contributed by atoms with Gasteiger partial charge in [0.15, 0.2) is 5.78 Å². The van der Waals surface area contributed by atoms with Crippen molar-refractivity contribution in [2.24, 2.45) is 0 Å². The first-order valence-corrected chi connectivity index (χ1v) is 6.99. The van der Waals surface area contributed by atoms with E-state index in [0.717, 1.165) is 11.3 Å². The quantitative estimate of drug-likeness (QED) is 0.682. The van der Waals surface area contributed by atoms with E-state index in [4.69, 9.17) is 4.74 Å². The summed E-state index contributed by atoms with van der Waals surface area (Å²) in [5, 5.41) is 0. The summed E-state index contributed by atoms with van der Waals surface area (Å²) in [7, 11) is 1.57. The van der Waals surface area contributed by atoms with Gasteiger partial charge in [-0.2, -0.15) is 0 Å². The van der Waals surface area contributed by atoms with Crippen LogP contribution in [-0.2, 0) is 0 Å². The molecule has 0 saturated carbocycles. The van der Waals surface area contributed by atoms with Crippen molar-refractivity contribution in [2.75, 3.05) is 7.11 Å². The van der Waals surface area contributed by atoms with Crippen LogP contribution in [0.1, 0.15) is 15.9 Å². The van der Waals surface area contributed by atoms with Gasteiger partial charge in [0.25, 0.3) is 0 Å². The lowest BCUT2D eigenvalue weighted by molar-refractivity contribution is 0.103. The Labute approximate surface area is 129 Å². The number of hydrogen-bond acceptors (Lipinski definition) is 3. The van der Waals surface area contributed by atoms with Gasteiger partial charge in [0, 0.05) is 17.3 Å². The summed E-state index contributed by atoms with van der Waals surface area (Å²) in [6.45, 7) is 0. The lowest BCUT2D eigenvalue weighted by Crippen LogP contribution is -2.06. The number of carbonyl (C=O) groups excluding carboxylic acids is 1. The fourth-order valence-corrected chi connectivity index (χ4v) is 2.40. The summed E-state index contributed by atoms with van der Waals surface area (Å²) in [4.78, 5) is 17.3. The maximum atomic E-state index is 12.9. The van der Waals surface area contributed by atoms with Gasteiger partial charge in [-0.25, -0.2) is 0 Å². The average molecular weight is 289 g/mol. The maximum absolute atomic E-state index is 12.9. The SMILES string of the molecule is COc1ccccc1C(=O)c1ccccc1-c1ccccn1. The lowest BCUT2D eigenvalue weighted by atomic mass is 9.96. The predicted octanol–water partition coefficient (Wildman–Crippen LogP) is 3.99. The third-order valence-electron chi connectivity index (χ3n) is 3.46. The third kappa shape index (κ3) is 2.61. The zero-order valence-electron chi connectivity index (χ0n) is 12.2. The highest BCUT2D eigenvalue weighted by molar-refractivity contribution is 6.14. The zero-order valence-corrected chi connectivity index (χ0v) is 12.2. The first kappa shape index (κ1) is 14.0. The molecule has 1 aromatic heterocycles. The summed E-state index contributed by atoms with van der Waals surface area (Å²) in [6.07, 6.45) is 1.72. The van der Waals surface area contributed by atoms with Gasteiger partial charge in [0.1, 0.15) is 5.75 Å². The molecule has 22 heavy (non-hydrogen) atoms. The second-order valence-corrected chi connectivity index (χ2v) is 4.79. The Morgan fingerprint density at radius 2 is 1.55 bits per heavy atom. The van der Waals surface area contributed by atoms with Crippen molar-refractivity contribution < 1.29 is 9.53 Å². The van der Waals surface area contributed by atoms with Crippen LogP contribution in [0.15, 0.2) is 72.9 Å². The molecule has 0 aliphatic rings.